The first-order chi connectivity index (χ1) is 9.41. The van der Waals surface area contributed by atoms with Crippen molar-refractivity contribution in [3.05, 3.63) is 30.1 Å². The molecule has 20 heavy (non-hydrogen) atoms. The SMILES string of the molecule is CCCN1CCN(c2ccc(F)cc2)CC1C(F)(F)F. The predicted octanol–water partition coefficient (Wildman–Crippen LogP) is 3.29. The van der Waals surface area contributed by atoms with Gasteiger partial charge in [0.1, 0.15) is 11.9 Å². The van der Waals surface area contributed by atoms with Gasteiger partial charge >= 0.3 is 6.18 Å². The molecule has 1 atom stereocenters. The van der Waals surface area contributed by atoms with E-state index < -0.39 is 12.2 Å². The topological polar surface area (TPSA) is 6.48 Å². The second-order valence-electron chi connectivity index (χ2n) is 5.02. The van der Waals surface area contributed by atoms with E-state index >= 15 is 0 Å². The maximum absolute atomic E-state index is 13.1. The standard InChI is InChI=1S/C14H18F4N2/c1-2-7-19-8-9-20(10-13(19)14(16,17)18)12-5-3-11(15)4-6-12/h3-6,13H,2,7-10H2,1H3. The molecule has 112 valence electrons. The highest BCUT2D eigenvalue weighted by Crippen LogP contribution is 2.30. The smallest absolute Gasteiger partial charge is 0.368 e. The number of piperazine rings is 1. The van der Waals surface area contributed by atoms with Crippen LogP contribution in [-0.4, -0.2) is 43.3 Å². The fourth-order valence-corrected chi connectivity index (χ4v) is 2.57. The van der Waals surface area contributed by atoms with Crippen LogP contribution in [0.1, 0.15) is 13.3 Å². The fraction of sp³-hybridized carbons (Fsp3) is 0.571. The fourth-order valence-electron chi connectivity index (χ4n) is 2.57. The molecule has 2 rings (SSSR count). The molecule has 0 spiro atoms. The number of hydrogen-bond acceptors (Lipinski definition) is 2. The lowest BCUT2D eigenvalue weighted by Crippen LogP contribution is -2.59. The minimum atomic E-state index is -4.24. The molecule has 0 aliphatic carbocycles. The van der Waals surface area contributed by atoms with Crippen LogP contribution >= 0.6 is 0 Å². The number of anilines is 1. The van der Waals surface area contributed by atoms with Gasteiger partial charge in [0.05, 0.1) is 0 Å². The Labute approximate surface area is 116 Å². The van der Waals surface area contributed by atoms with E-state index in [1.54, 1.807) is 4.90 Å². The summed E-state index contributed by atoms with van der Waals surface area (Å²) in [6, 6.07) is 4.14. The number of benzene rings is 1. The van der Waals surface area contributed by atoms with Crippen LogP contribution in [0.2, 0.25) is 0 Å². The van der Waals surface area contributed by atoms with E-state index in [9.17, 15) is 17.6 Å². The maximum atomic E-state index is 13.1. The second kappa shape index (κ2) is 5.99. The van der Waals surface area contributed by atoms with Gasteiger partial charge in [-0.3, -0.25) is 4.90 Å². The average Bonchev–Trinajstić information content (AvgIpc) is 2.39. The third kappa shape index (κ3) is 3.42. The first-order valence-corrected chi connectivity index (χ1v) is 6.73. The minimum absolute atomic E-state index is 0.102. The number of rotatable bonds is 3. The lowest BCUT2D eigenvalue weighted by molar-refractivity contribution is -0.184. The van der Waals surface area contributed by atoms with Gasteiger partial charge in [-0.2, -0.15) is 13.2 Å². The van der Waals surface area contributed by atoms with Crippen molar-refractivity contribution in [2.45, 2.75) is 25.6 Å². The van der Waals surface area contributed by atoms with E-state index in [2.05, 4.69) is 0 Å². The minimum Gasteiger partial charge on any atom is -0.368 e. The summed E-state index contributed by atoms with van der Waals surface area (Å²) in [5.74, 6) is -0.384. The van der Waals surface area contributed by atoms with Gasteiger partial charge in [-0.05, 0) is 37.2 Å². The van der Waals surface area contributed by atoms with Gasteiger partial charge in [0.2, 0.25) is 0 Å². The van der Waals surface area contributed by atoms with Crippen LogP contribution in [0.5, 0.6) is 0 Å². The summed E-state index contributed by atoms with van der Waals surface area (Å²) in [7, 11) is 0. The van der Waals surface area contributed by atoms with Crippen LogP contribution in [0.25, 0.3) is 0 Å². The van der Waals surface area contributed by atoms with E-state index in [-0.39, 0.29) is 12.4 Å². The van der Waals surface area contributed by atoms with Gasteiger partial charge in [-0.1, -0.05) is 6.92 Å². The molecule has 0 saturated carbocycles. The number of halogens is 4. The molecule has 0 N–H and O–H groups in total. The molecule has 1 aliphatic heterocycles. The Morgan fingerprint density at radius 2 is 1.80 bits per heavy atom. The molecule has 0 bridgehead atoms. The van der Waals surface area contributed by atoms with Crippen LogP contribution in [0.3, 0.4) is 0 Å². The quantitative estimate of drug-likeness (QED) is 0.788. The highest BCUT2D eigenvalue weighted by Gasteiger charge is 2.46. The molecule has 0 radical (unpaired) electrons. The van der Waals surface area contributed by atoms with Crippen molar-refractivity contribution in [1.82, 2.24) is 4.90 Å². The molecule has 1 unspecified atom stereocenters. The molecule has 1 fully saturated rings. The van der Waals surface area contributed by atoms with Crippen molar-refractivity contribution >= 4 is 5.69 Å². The van der Waals surface area contributed by atoms with Crippen molar-refractivity contribution in [2.24, 2.45) is 0 Å². The molecule has 0 aromatic heterocycles. The number of alkyl halides is 3. The molecule has 1 aromatic rings. The first kappa shape index (κ1) is 15.1. The lowest BCUT2D eigenvalue weighted by atomic mass is 10.1. The normalized spacial score (nSPS) is 21.2. The van der Waals surface area contributed by atoms with Crippen LogP contribution in [0.15, 0.2) is 24.3 Å². The van der Waals surface area contributed by atoms with Gasteiger partial charge in [-0.15, -0.1) is 0 Å². The molecular formula is C14H18F4N2. The lowest BCUT2D eigenvalue weighted by Gasteiger charge is -2.43. The predicted molar refractivity (Wildman–Crippen MR) is 70.3 cm³/mol. The summed E-state index contributed by atoms with van der Waals surface area (Å²) < 4.78 is 52.3. The Morgan fingerprint density at radius 1 is 1.15 bits per heavy atom. The number of nitrogens with zero attached hydrogens (tertiary/aromatic N) is 2. The third-order valence-corrected chi connectivity index (χ3v) is 3.57. The van der Waals surface area contributed by atoms with Crippen molar-refractivity contribution < 1.29 is 17.6 Å². The zero-order valence-electron chi connectivity index (χ0n) is 11.3. The zero-order valence-corrected chi connectivity index (χ0v) is 11.3. The average molecular weight is 290 g/mol. The summed E-state index contributed by atoms with van der Waals surface area (Å²) in [5.41, 5.74) is 0.636. The zero-order chi connectivity index (χ0) is 14.8. The van der Waals surface area contributed by atoms with E-state index in [0.29, 0.717) is 31.7 Å². The van der Waals surface area contributed by atoms with Gasteiger partial charge in [0, 0.05) is 25.3 Å². The molecule has 1 heterocycles. The molecule has 1 aromatic carbocycles. The van der Waals surface area contributed by atoms with Crippen molar-refractivity contribution in [2.75, 3.05) is 31.1 Å². The molecule has 6 heteroatoms. The largest absolute Gasteiger partial charge is 0.405 e. The van der Waals surface area contributed by atoms with Crippen LogP contribution < -0.4 is 4.90 Å². The van der Waals surface area contributed by atoms with Crippen LogP contribution in [0.4, 0.5) is 23.2 Å². The Hall–Kier alpha value is -1.30. The van der Waals surface area contributed by atoms with E-state index in [1.165, 1.54) is 29.2 Å². The van der Waals surface area contributed by atoms with E-state index in [4.69, 9.17) is 0 Å². The van der Waals surface area contributed by atoms with Gasteiger partial charge in [0.25, 0.3) is 0 Å². The highest BCUT2D eigenvalue weighted by molar-refractivity contribution is 5.47. The van der Waals surface area contributed by atoms with Crippen molar-refractivity contribution in [1.29, 1.82) is 0 Å². The summed E-state index contributed by atoms with van der Waals surface area (Å²) in [6.07, 6.45) is -3.54. The molecule has 1 saturated heterocycles. The Bertz CT molecular complexity index is 430. The summed E-state index contributed by atoms with van der Waals surface area (Å²) >= 11 is 0. The molecule has 2 nitrogen and oxygen atoms in total. The van der Waals surface area contributed by atoms with Crippen molar-refractivity contribution in [3.8, 4) is 0 Å². The summed E-state index contributed by atoms with van der Waals surface area (Å²) in [4.78, 5) is 3.16. The van der Waals surface area contributed by atoms with Gasteiger partial charge in [-0.25, -0.2) is 4.39 Å². The van der Waals surface area contributed by atoms with E-state index in [0.717, 1.165) is 0 Å². The molecular weight excluding hydrogens is 272 g/mol. The second-order valence-corrected chi connectivity index (χ2v) is 5.02. The Morgan fingerprint density at radius 3 is 2.35 bits per heavy atom. The van der Waals surface area contributed by atoms with Crippen LogP contribution in [0, 0.1) is 5.82 Å². The summed E-state index contributed by atoms with van der Waals surface area (Å²) in [5, 5.41) is 0. The number of hydrogen-bond donors (Lipinski definition) is 0. The van der Waals surface area contributed by atoms with Gasteiger partial charge in [0.15, 0.2) is 0 Å². The third-order valence-electron chi connectivity index (χ3n) is 3.57. The maximum Gasteiger partial charge on any atom is 0.405 e. The molecule has 1 aliphatic rings. The monoisotopic (exact) mass is 290 g/mol. The Kier molecular flexibility index (Phi) is 4.52. The van der Waals surface area contributed by atoms with Crippen molar-refractivity contribution in [3.63, 3.8) is 0 Å². The first-order valence-electron chi connectivity index (χ1n) is 6.73. The molecule has 0 amide bonds. The van der Waals surface area contributed by atoms with Gasteiger partial charge < -0.3 is 4.90 Å². The summed E-state index contributed by atoms with van der Waals surface area (Å²) in [6.45, 7) is 3.12. The van der Waals surface area contributed by atoms with E-state index in [1.807, 2.05) is 6.92 Å². The van der Waals surface area contributed by atoms with Crippen LogP contribution in [-0.2, 0) is 0 Å². The Balaban J connectivity index is 2.14. The highest BCUT2D eigenvalue weighted by atomic mass is 19.4.